The zero-order chi connectivity index (χ0) is 10.7. The molecule has 1 heterocycles. The van der Waals surface area contributed by atoms with Crippen LogP contribution in [0.4, 0.5) is 0 Å². The average Bonchev–Trinajstić information content (AvgIpc) is 2.67. The first-order chi connectivity index (χ1) is 7.29. The zero-order valence-corrected chi connectivity index (χ0v) is 9.64. The number of nitrogens with one attached hydrogen (secondary N) is 1. The predicted octanol–water partition coefficient (Wildman–Crippen LogP) is 2.75. The molecule has 2 nitrogen and oxygen atoms in total. The molecule has 0 bridgehead atoms. The van der Waals surface area contributed by atoms with E-state index in [1.54, 1.807) is 0 Å². The molecule has 1 fully saturated rings. The smallest absolute Gasteiger partial charge is 0.220 e. The van der Waals surface area contributed by atoms with E-state index in [2.05, 4.69) is 36.5 Å². The van der Waals surface area contributed by atoms with Gasteiger partial charge in [-0.05, 0) is 29.9 Å². The highest BCUT2D eigenvalue weighted by molar-refractivity contribution is 7.99. The van der Waals surface area contributed by atoms with Crippen molar-refractivity contribution in [2.75, 3.05) is 5.75 Å². The molecular formula is C12H15NOS. The lowest BCUT2D eigenvalue weighted by molar-refractivity contribution is -0.119. The Kier molecular flexibility index (Phi) is 3.31. The highest BCUT2D eigenvalue weighted by Gasteiger charge is 2.21. The number of hydrogen-bond donors (Lipinski definition) is 1. The Morgan fingerprint density at radius 2 is 2.13 bits per heavy atom. The zero-order valence-electron chi connectivity index (χ0n) is 8.82. The van der Waals surface area contributed by atoms with Gasteiger partial charge in [0.2, 0.25) is 5.91 Å². The molecule has 1 atom stereocenters. The fourth-order valence-corrected chi connectivity index (χ4v) is 2.49. The first kappa shape index (κ1) is 10.6. The van der Waals surface area contributed by atoms with Crippen LogP contribution in [0.5, 0.6) is 0 Å². The van der Waals surface area contributed by atoms with Gasteiger partial charge in [0.05, 0.1) is 6.04 Å². The molecule has 1 aromatic carbocycles. The average molecular weight is 221 g/mol. The van der Waals surface area contributed by atoms with E-state index in [4.69, 9.17) is 0 Å². The van der Waals surface area contributed by atoms with Crippen molar-refractivity contribution < 1.29 is 4.79 Å². The van der Waals surface area contributed by atoms with Crippen LogP contribution in [-0.2, 0) is 4.79 Å². The van der Waals surface area contributed by atoms with Gasteiger partial charge in [-0.2, -0.15) is 0 Å². The van der Waals surface area contributed by atoms with Gasteiger partial charge in [-0.15, -0.1) is 11.8 Å². The largest absolute Gasteiger partial charge is 0.349 e. The molecule has 0 radical (unpaired) electrons. The van der Waals surface area contributed by atoms with Gasteiger partial charge in [-0.25, -0.2) is 0 Å². The van der Waals surface area contributed by atoms with Gasteiger partial charge in [0.25, 0.3) is 0 Å². The van der Waals surface area contributed by atoms with Crippen LogP contribution >= 0.6 is 11.8 Å². The molecule has 1 saturated heterocycles. The Labute approximate surface area is 94.4 Å². The monoisotopic (exact) mass is 221 g/mol. The minimum absolute atomic E-state index is 0.173. The molecule has 1 aliphatic rings. The highest BCUT2D eigenvalue weighted by Crippen LogP contribution is 2.26. The fraction of sp³-hybridized carbons (Fsp3) is 0.417. The molecule has 15 heavy (non-hydrogen) atoms. The number of hydrogen-bond acceptors (Lipinski definition) is 2. The van der Waals surface area contributed by atoms with Gasteiger partial charge in [-0.3, -0.25) is 4.79 Å². The van der Waals surface area contributed by atoms with Crippen molar-refractivity contribution in [3.8, 4) is 0 Å². The predicted molar refractivity (Wildman–Crippen MR) is 63.0 cm³/mol. The summed E-state index contributed by atoms with van der Waals surface area (Å²) in [5.41, 5.74) is 1.22. The number of carbonyl (C=O) groups is 1. The van der Waals surface area contributed by atoms with Crippen LogP contribution in [0.1, 0.15) is 31.4 Å². The number of amides is 1. The third kappa shape index (κ3) is 2.53. The minimum atomic E-state index is 0.173. The Bertz CT molecular complexity index is 347. The van der Waals surface area contributed by atoms with E-state index in [9.17, 15) is 4.79 Å². The van der Waals surface area contributed by atoms with Crippen molar-refractivity contribution in [2.45, 2.75) is 30.7 Å². The topological polar surface area (TPSA) is 29.1 Å². The standard InChI is InChI=1S/C12H15NOS/c1-2-15-10-5-3-9(4-6-10)11-7-8-12(14)13-11/h3-6,11H,2,7-8H2,1H3,(H,13,14). The molecule has 1 aliphatic heterocycles. The van der Waals surface area contributed by atoms with Crippen LogP contribution < -0.4 is 5.32 Å². The Hall–Kier alpha value is -0.960. The third-order valence-electron chi connectivity index (χ3n) is 2.59. The maximum absolute atomic E-state index is 11.1. The second-order valence-electron chi connectivity index (χ2n) is 3.66. The lowest BCUT2D eigenvalue weighted by atomic mass is 10.1. The van der Waals surface area contributed by atoms with Gasteiger partial charge in [-0.1, -0.05) is 19.1 Å². The van der Waals surface area contributed by atoms with Crippen molar-refractivity contribution >= 4 is 17.7 Å². The van der Waals surface area contributed by atoms with E-state index >= 15 is 0 Å². The van der Waals surface area contributed by atoms with Gasteiger partial charge in [0.1, 0.15) is 0 Å². The summed E-state index contributed by atoms with van der Waals surface area (Å²) < 4.78 is 0. The van der Waals surface area contributed by atoms with E-state index < -0.39 is 0 Å². The molecule has 1 N–H and O–H groups in total. The van der Waals surface area contributed by atoms with Crippen molar-refractivity contribution in [2.24, 2.45) is 0 Å². The molecule has 0 aromatic heterocycles. The molecule has 2 rings (SSSR count). The molecule has 0 spiro atoms. The van der Waals surface area contributed by atoms with Crippen molar-refractivity contribution in [1.29, 1.82) is 0 Å². The van der Waals surface area contributed by atoms with Gasteiger partial charge in [0.15, 0.2) is 0 Å². The van der Waals surface area contributed by atoms with Crippen LogP contribution in [0, 0.1) is 0 Å². The summed E-state index contributed by atoms with van der Waals surface area (Å²) in [7, 11) is 0. The molecule has 1 aromatic rings. The molecule has 0 aliphatic carbocycles. The summed E-state index contributed by atoms with van der Waals surface area (Å²) >= 11 is 1.84. The van der Waals surface area contributed by atoms with E-state index in [-0.39, 0.29) is 11.9 Å². The van der Waals surface area contributed by atoms with Crippen LogP contribution in [0.25, 0.3) is 0 Å². The fourth-order valence-electron chi connectivity index (χ4n) is 1.83. The molecule has 1 amide bonds. The van der Waals surface area contributed by atoms with Crippen LogP contribution in [0.2, 0.25) is 0 Å². The Balaban J connectivity index is 2.06. The van der Waals surface area contributed by atoms with Crippen LogP contribution in [0.15, 0.2) is 29.2 Å². The lowest BCUT2D eigenvalue weighted by Gasteiger charge is -2.10. The number of benzene rings is 1. The first-order valence-electron chi connectivity index (χ1n) is 5.31. The second kappa shape index (κ2) is 4.71. The van der Waals surface area contributed by atoms with E-state index in [1.807, 2.05) is 11.8 Å². The van der Waals surface area contributed by atoms with Crippen molar-refractivity contribution in [3.63, 3.8) is 0 Å². The SMILES string of the molecule is CCSc1ccc(C2CCC(=O)N2)cc1. The summed E-state index contributed by atoms with van der Waals surface area (Å²) in [6, 6.07) is 8.74. The quantitative estimate of drug-likeness (QED) is 0.795. The van der Waals surface area contributed by atoms with E-state index in [1.165, 1.54) is 10.5 Å². The normalized spacial score (nSPS) is 20.3. The highest BCUT2D eigenvalue weighted by atomic mass is 32.2. The second-order valence-corrected chi connectivity index (χ2v) is 5.00. The summed E-state index contributed by atoms with van der Waals surface area (Å²) in [6.45, 7) is 2.15. The molecular weight excluding hydrogens is 206 g/mol. The summed E-state index contributed by atoms with van der Waals surface area (Å²) in [5.74, 6) is 1.27. The molecule has 3 heteroatoms. The number of thioether (sulfide) groups is 1. The van der Waals surface area contributed by atoms with Crippen molar-refractivity contribution in [3.05, 3.63) is 29.8 Å². The van der Waals surface area contributed by atoms with Gasteiger partial charge in [0, 0.05) is 11.3 Å². The van der Waals surface area contributed by atoms with Crippen LogP contribution in [0.3, 0.4) is 0 Å². The lowest BCUT2D eigenvalue weighted by Crippen LogP contribution is -2.18. The summed E-state index contributed by atoms with van der Waals surface area (Å²) in [4.78, 5) is 12.4. The van der Waals surface area contributed by atoms with Crippen LogP contribution in [-0.4, -0.2) is 11.7 Å². The Morgan fingerprint density at radius 1 is 1.40 bits per heavy atom. The molecule has 1 unspecified atom stereocenters. The first-order valence-corrected chi connectivity index (χ1v) is 6.30. The molecule has 80 valence electrons. The van der Waals surface area contributed by atoms with E-state index in [0.717, 1.165) is 12.2 Å². The van der Waals surface area contributed by atoms with Gasteiger partial charge >= 0.3 is 0 Å². The molecule has 0 saturated carbocycles. The van der Waals surface area contributed by atoms with Crippen molar-refractivity contribution in [1.82, 2.24) is 5.32 Å². The summed E-state index contributed by atoms with van der Waals surface area (Å²) in [6.07, 6.45) is 1.59. The number of carbonyl (C=O) groups excluding carboxylic acids is 1. The third-order valence-corrected chi connectivity index (χ3v) is 3.48. The maximum atomic E-state index is 11.1. The minimum Gasteiger partial charge on any atom is -0.349 e. The van der Waals surface area contributed by atoms with E-state index in [0.29, 0.717) is 6.42 Å². The Morgan fingerprint density at radius 3 is 2.67 bits per heavy atom. The number of rotatable bonds is 3. The summed E-state index contributed by atoms with van der Waals surface area (Å²) in [5, 5.41) is 2.98. The maximum Gasteiger partial charge on any atom is 0.220 e. The van der Waals surface area contributed by atoms with Gasteiger partial charge < -0.3 is 5.32 Å².